The van der Waals surface area contributed by atoms with E-state index in [0.29, 0.717) is 11.4 Å². The molecular weight excluding hydrogens is 290 g/mol. The van der Waals surface area contributed by atoms with Crippen molar-refractivity contribution in [2.45, 2.75) is 13.8 Å². The highest BCUT2D eigenvalue weighted by molar-refractivity contribution is 6.01. The topological polar surface area (TPSA) is 60.1 Å². The van der Waals surface area contributed by atoms with E-state index in [1.807, 2.05) is 48.9 Å². The molecule has 0 spiro atoms. The van der Waals surface area contributed by atoms with Crippen LogP contribution >= 0.6 is 0 Å². The normalized spacial score (nSPS) is 11.0. The second-order valence-corrected chi connectivity index (χ2v) is 5.23. The Kier molecular flexibility index (Phi) is 4.10. The number of benzene rings is 1. The van der Waals surface area contributed by atoms with E-state index in [4.69, 9.17) is 4.42 Å². The molecule has 0 bridgehead atoms. The van der Waals surface area contributed by atoms with Crippen LogP contribution in [0.5, 0.6) is 0 Å². The molecule has 116 valence electrons. The van der Waals surface area contributed by atoms with E-state index >= 15 is 0 Å². The Bertz CT molecular complexity index is 845. The van der Waals surface area contributed by atoms with Crippen molar-refractivity contribution >= 4 is 17.7 Å². The van der Waals surface area contributed by atoms with Crippen molar-refractivity contribution in [1.82, 2.24) is 9.78 Å². The van der Waals surface area contributed by atoms with Crippen molar-refractivity contribution in [3.63, 3.8) is 0 Å². The molecule has 0 saturated heterocycles. The van der Waals surface area contributed by atoms with Gasteiger partial charge in [0.1, 0.15) is 5.76 Å². The first-order valence-electron chi connectivity index (χ1n) is 7.28. The molecule has 0 fully saturated rings. The molecule has 2 aromatic heterocycles. The lowest BCUT2D eigenvalue weighted by atomic mass is 10.2. The highest BCUT2D eigenvalue weighted by atomic mass is 16.3. The van der Waals surface area contributed by atoms with Crippen LogP contribution in [0, 0.1) is 13.8 Å². The van der Waals surface area contributed by atoms with Crippen molar-refractivity contribution < 1.29 is 9.21 Å². The van der Waals surface area contributed by atoms with Crippen LogP contribution in [0.15, 0.2) is 59.2 Å². The van der Waals surface area contributed by atoms with Crippen molar-refractivity contribution in [2.24, 2.45) is 0 Å². The number of aromatic nitrogens is 2. The standard InChI is InChI=1S/C18H17N3O2/c1-13-11-14(2)21(20-13)16-6-3-5-15(12-16)19-18(22)9-8-17-7-4-10-23-17/h3-12H,1-2H3,(H,19,22)/b9-8+. The van der Waals surface area contributed by atoms with Gasteiger partial charge in [0.05, 0.1) is 17.6 Å². The minimum atomic E-state index is -0.216. The van der Waals surface area contributed by atoms with Gasteiger partial charge in [0.15, 0.2) is 0 Å². The fraction of sp³-hybridized carbons (Fsp3) is 0.111. The molecule has 0 unspecified atom stereocenters. The molecule has 0 aliphatic rings. The number of nitrogens with zero attached hydrogens (tertiary/aromatic N) is 2. The molecular formula is C18H17N3O2. The van der Waals surface area contributed by atoms with E-state index in [1.165, 1.54) is 6.08 Å². The van der Waals surface area contributed by atoms with E-state index in [1.54, 1.807) is 24.5 Å². The predicted molar refractivity (Wildman–Crippen MR) is 89.4 cm³/mol. The summed E-state index contributed by atoms with van der Waals surface area (Å²) in [7, 11) is 0. The summed E-state index contributed by atoms with van der Waals surface area (Å²) in [4.78, 5) is 12.0. The second-order valence-electron chi connectivity index (χ2n) is 5.23. The van der Waals surface area contributed by atoms with E-state index < -0.39 is 0 Å². The van der Waals surface area contributed by atoms with Gasteiger partial charge in [0.2, 0.25) is 5.91 Å². The van der Waals surface area contributed by atoms with Gasteiger partial charge in [-0.2, -0.15) is 5.10 Å². The Morgan fingerprint density at radius 1 is 1.22 bits per heavy atom. The fourth-order valence-corrected chi connectivity index (χ4v) is 2.33. The molecule has 5 nitrogen and oxygen atoms in total. The van der Waals surface area contributed by atoms with Gasteiger partial charge < -0.3 is 9.73 Å². The van der Waals surface area contributed by atoms with Crippen LogP contribution < -0.4 is 5.32 Å². The Morgan fingerprint density at radius 2 is 2.09 bits per heavy atom. The molecule has 0 atom stereocenters. The number of carbonyl (C=O) groups excluding carboxylic acids is 1. The summed E-state index contributed by atoms with van der Waals surface area (Å²) in [6.07, 6.45) is 4.63. The number of hydrogen-bond donors (Lipinski definition) is 1. The van der Waals surface area contributed by atoms with Crippen LogP contribution in [-0.2, 0) is 4.79 Å². The van der Waals surface area contributed by atoms with Gasteiger partial charge in [-0.1, -0.05) is 6.07 Å². The largest absolute Gasteiger partial charge is 0.465 e. The minimum Gasteiger partial charge on any atom is -0.465 e. The first-order valence-corrected chi connectivity index (χ1v) is 7.28. The third-order valence-corrected chi connectivity index (χ3v) is 3.31. The van der Waals surface area contributed by atoms with Gasteiger partial charge >= 0.3 is 0 Å². The number of aryl methyl sites for hydroxylation is 2. The highest BCUT2D eigenvalue weighted by Crippen LogP contribution is 2.17. The molecule has 2 heterocycles. The van der Waals surface area contributed by atoms with Gasteiger partial charge in [0, 0.05) is 17.5 Å². The van der Waals surface area contributed by atoms with Crippen molar-refractivity contribution in [1.29, 1.82) is 0 Å². The predicted octanol–water partition coefficient (Wildman–Crippen LogP) is 3.73. The van der Waals surface area contributed by atoms with E-state index in [9.17, 15) is 4.79 Å². The molecule has 5 heteroatoms. The molecule has 23 heavy (non-hydrogen) atoms. The average Bonchev–Trinajstić information content (AvgIpc) is 3.15. The summed E-state index contributed by atoms with van der Waals surface area (Å²) in [5.41, 5.74) is 3.62. The van der Waals surface area contributed by atoms with Crippen molar-refractivity contribution in [3.05, 3.63) is 72.0 Å². The van der Waals surface area contributed by atoms with Crippen LogP contribution in [0.25, 0.3) is 11.8 Å². The van der Waals surface area contributed by atoms with Gasteiger partial charge in [-0.15, -0.1) is 0 Å². The first kappa shape index (κ1) is 14.8. The van der Waals surface area contributed by atoms with Gasteiger partial charge in [-0.3, -0.25) is 4.79 Å². The molecule has 1 N–H and O–H groups in total. The zero-order chi connectivity index (χ0) is 16.2. The Morgan fingerprint density at radius 3 is 2.78 bits per heavy atom. The molecule has 0 saturated carbocycles. The minimum absolute atomic E-state index is 0.216. The third-order valence-electron chi connectivity index (χ3n) is 3.31. The lowest BCUT2D eigenvalue weighted by molar-refractivity contribution is -0.111. The van der Waals surface area contributed by atoms with Crippen molar-refractivity contribution in [3.8, 4) is 5.69 Å². The smallest absolute Gasteiger partial charge is 0.248 e. The number of carbonyl (C=O) groups is 1. The van der Waals surface area contributed by atoms with E-state index in [0.717, 1.165) is 17.1 Å². The SMILES string of the molecule is Cc1cc(C)n(-c2cccc(NC(=O)/C=C/c3ccco3)c2)n1. The van der Waals surface area contributed by atoms with Gasteiger partial charge in [-0.25, -0.2) is 4.68 Å². The van der Waals surface area contributed by atoms with Crippen LogP contribution in [0.2, 0.25) is 0 Å². The Labute approximate surface area is 134 Å². The number of nitrogens with one attached hydrogen (secondary N) is 1. The lowest BCUT2D eigenvalue weighted by Crippen LogP contribution is -2.08. The summed E-state index contributed by atoms with van der Waals surface area (Å²) in [5.74, 6) is 0.420. The third kappa shape index (κ3) is 3.58. The van der Waals surface area contributed by atoms with Crippen LogP contribution in [0.3, 0.4) is 0 Å². The van der Waals surface area contributed by atoms with Gasteiger partial charge in [-0.05, 0) is 56.3 Å². The lowest BCUT2D eigenvalue weighted by Gasteiger charge is -2.07. The molecule has 3 aromatic rings. The maximum atomic E-state index is 12.0. The van der Waals surface area contributed by atoms with Crippen LogP contribution in [0.4, 0.5) is 5.69 Å². The zero-order valence-corrected chi connectivity index (χ0v) is 13.0. The maximum absolute atomic E-state index is 12.0. The first-order chi connectivity index (χ1) is 11.1. The number of furan rings is 1. The molecule has 0 aliphatic heterocycles. The van der Waals surface area contributed by atoms with Gasteiger partial charge in [0.25, 0.3) is 0 Å². The van der Waals surface area contributed by atoms with Crippen LogP contribution in [-0.4, -0.2) is 15.7 Å². The molecule has 1 amide bonds. The summed E-state index contributed by atoms with van der Waals surface area (Å²) < 4.78 is 7.00. The summed E-state index contributed by atoms with van der Waals surface area (Å²) in [6.45, 7) is 3.95. The highest BCUT2D eigenvalue weighted by Gasteiger charge is 2.05. The number of hydrogen-bond acceptors (Lipinski definition) is 3. The van der Waals surface area contributed by atoms with Crippen molar-refractivity contribution in [2.75, 3.05) is 5.32 Å². The summed E-state index contributed by atoms with van der Waals surface area (Å²) in [6, 6.07) is 13.1. The summed E-state index contributed by atoms with van der Waals surface area (Å²) >= 11 is 0. The molecule has 0 radical (unpaired) electrons. The molecule has 0 aliphatic carbocycles. The fourth-order valence-electron chi connectivity index (χ4n) is 2.33. The summed E-state index contributed by atoms with van der Waals surface area (Å²) in [5, 5.41) is 7.28. The number of amides is 1. The Hall–Kier alpha value is -3.08. The average molecular weight is 307 g/mol. The zero-order valence-electron chi connectivity index (χ0n) is 13.0. The second kappa shape index (κ2) is 6.36. The number of anilines is 1. The molecule has 3 rings (SSSR count). The van der Waals surface area contributed by atoms with E-state index in [-0.39, 0.29) is 5.91 Å². The quantitative estimate of drug-likeness (QED) is 0.747. The molecule has 1 aromatic carbocycles. The van der Waals surface area contributed by atoms with E-state index in [2.05, 4.69) is 10.4 Å². The number of rotatable bonds is 4. The van der Waals surface area contributed by atoms with Crippen LogP contribution in [0.1, 0.15) is 17.1 Å². The Balaban J connectivity index is 1.75. The maximum Gasteiger partial charge on any atom is 0.248 e. The monoisotopic (exact) mass is 307 g/mol.